The molecule has 2 nitrogen and oxygen atoms in total. The highest BCUT2D eigenvalue weighted by Gasteiger charge is 2.09. The van der Waals surface area contributed by atoms with Crippen molar-refractivity contribution in [2.75, 3.05) is 17.2 Å². The van der Waals surface area contributed by atoms with Gasteiger partial charge >= 0.3 is 0 Å². The van der Waals surface area contributed by atoms with Crippen molar-refractivity contribution in [1.82, 2.24) is 0 Å². The second-order valence-corrected chi connectivity index (χ2v) is 4.73. The van der Waals surface area contributed by atoms with Gasteiger partial charge in [-0.1, -0.05) is 29.8 Å². The van der Waals surface area contributed by atoms with Crippen LogP contribution in [0.4, 0.5) is 15.8 Å². The van der Waals surface area contributed by atoms with Gasteiger partial charge in [-0.2, -0.15) is 0 Å². The first-order chi connectivity index (χ1) is 9.11. The van der Waals surface area contributed by atoms with Gasteiger partial charge in [0.2, 0.25) is 0 Å². The van der Waals surface area contributed by atoms with Gasteiger partial charge in [0.05, 0.1) is 16.4 Å². The van der Waals surface area contributed by atoms with Gasteiger partial charge in [0.1, 0.15) is 5.82 Å². The quantitative estimate of drug-likeness (QED) is 0.854. The molecule has 100 valence electrons. The summed E-state index contributed by atoms with van der Waals surface area (Å²) < 4.78 is 13.4. The van der Waals surface area contributed by atoms with Crippen LogP contribution in [0.25, 0.3) is 0 Å². The molecule has 0 fully saturated rings. The standard InChI is InChI=1S/C15H16ClFN2/c1-2-19(15-6-4-3-5-14(15)18)10-11-7-8-12(16)13(17)9-11/h3-9H,2,10,18H2,1H3. The van der Waals surface area contributed by atoms with Crippen LogP contribution in [0.2, 0.25) is 5.02 Å². The number of nitrogens with zero attached hydrogens (tertiary/aromatic N) is 1. The van der Waals surface area contributed by atoms with Crippen LogP contribution >= 0.6 is 11.6 Å². The van der Waals surface area contributed by atoms with Gasteiger partial charge < -0.3 is 10.6 Å². The smallest absolute Gasteiger partial charge is 0.142 e. The van der Waals surface area contributed by atoms with Crippen molar-refractivity contribution in [3.05, 3.63) is 58.9 Å². The molecule has 0 amide bonds. The van der Waals surface area contributed by atoms with Crippen molar-refractivity contribution in [2.24, 2.45) is 0 Å². The Kier molecular flexibility index (Phi) is 4.27. The molecule has 2 rings (SSSR count). The van der Waals surface area contributed by atoms with Crippen molar-refractivity contribution in [3.63, 3.8) is 0 Å². The molecule has 0 saturated carbocycles. The van der Waals surface area contributed by atoms with Gasteiger partial charge in [0.15, 0.2) is 0 Å². The van der Waals surface area contributed by atoms with Crippen LogP contribution in [0.3, 0.4) is 0 Å². The number of halogens is 2. The lowest BCUT2D eigenvalue weighted by Gasteiger charge is -2.24. The van der Waals surface area contributed by atoms with Crippen molar-refractivity contribution < 1.29 is 4.39 Å². The van der Waals surface area contributed by atoms with Crippen LogP contribution in [-0.2, 0) is 6.54 Å². The summed E-state index contributed by atoms with van der Waals surface area (Å²) >= 11 is 5.68. The molecule has 0 radical (unpaired) electrons. The van der Waals surface area contributed by atoms with E-state index in [2.05, 4.69) is 4.90 Å². The third kappa shape index (κ3) is 3.18. The molecule has 0 atom stereocenters. The second kappa shape index (κ2) is 5.93. The molecule has 0 unspecified atom stereocenters. The summed E-state index contributed by atoms with van der Waals surface area (Å²) in [5.41, 5.74) is 8.52. The fourth-order valence-corrected chi connectivity index (χ4v) is 2.12. The number of nitrogen functional groups attached to an aromatic ring is 1. The van der Waals surface area contributed by atoms with E-state index in [1.165, 1.54) is 6.07 Å². The summed E-state index contributed by atoms with van der Waals surface area (Å²) in [6.45, 7) is 3.43. The van der Waals surface area contributed by atoms with Crippen molar-refractivity contribution in [2.45, 2.75) is 13.5 Å². The molecule has 0 spiro atoms. The van der Waals surface area contributed by atoms with Gasteiger partial charge in [-0.15, -0.1) is 0 Å². The summed E-state index contributed by atoms with van der Waals surface area (Å²) in [7, 11) is 0. The largest absolute Gasteiger partial charge is 0.397 e. The van der Waals surface area contributed by atoms with E-state index in [0.29, 0.717) is 6.54 Å². The molecule has 2 N–H and O–H groups in total. The summed E-state index contributed by atoms with van der Waals surface area (Å²) in [5.74, 6) is -0.392. The van der Waals surface area contributed by atoms with E-state index >= 15 is 0 Å². The molecular formula is C15H16ClFN2. The number of para-hydroxylation sites is 2. The average Bonchev–Trinajstić information content (AvgIpc) is 2.41. The normalized spacial score (nSPS) is 10.5. The topological polar surface area (TPSA) is 29.3 Å². The molecule has 2 aromatic carbocycles. The van der Waals surface area contributed by atoms with Crippen molar-refractivity contribution in [1.29, 1.82) is 0 Å². The molecule has 2 aromatic rings. The number of rotatable bonds is 4. The van der Waals surface area contributed by atoms with E-state index < -0.39 is 5.82 Å². The number of hydrogen-bond donors (Lipinski definition) is 1. The SMILES string of the molecule is CCN(Cc1ccc(Cl)c(F)c1)c1ccccc1N. The second-order valence-electron chi connectivity index (χ2n) is 4.32. The van der Waals surface area contributed by atoms with Crippen LogP contribution in [-0.4, -0.2) is 6.54 Å². The van der Waals surface area contributed by atoms with Gasteiger partial charge in [-0.05, 0) is 36.8 Å². The Morgan fingerprint density at radius 1 is 1.21 bits per heavy atom. The van der Waals surface area contributed by atoms with E-state index in [1.807, 2.05) is 37.3 Å². The number of nitrogens with two attached hydrogens (primary N) is 1. The maximum absolute atomic E-state index is 13.4. The maximum Gasteiger partial charge on any atom is 0.142 e. The highest BCUT2D eigenvalue weighted by Crippen LogP contribution is 2.25. The molecule has 0 aliphatic heterocycles. The van der Waals surface area contributed by atoms with E-state index in [9.17, 15) is 4.39 Å². The highest BCUT2D eigenvalue weighted by molar-refractivity contribution is 6.30. The molecule has 0 heterocycles. The minimum Gasteiger partial charge on any atom is -0.397 e. The number of hydrogen-bond acceptors (Lipinski definition) is 2. The fourth-order valence-electron chi connectivity index (χ4n) is 2.00. The molecule has 4 heteroatoms. The lowest BCUT2D eigenvalue weighted by atomic mass is 10.1. The molecule has 0 aliphatic rings. The Morgan fingerprint density at radius 3 is 2.58 bits per heavy atom. The highest BCUT2D eigenvalue weighted by atomic mass is 35.5. The first-order valence-electron chi connectivity index (χ1n) is 6.15. The Balaban J connectivity index is 2.24. The Labute approximate surface area is 117 Å². The number of benzene rings is 2. The summed E-state index contributed by atoms with van der Waals surface area (Å²) in [6, 6.07) is 12.5. The lowest BCUT2D eigenvalue weighted by molar-refractivity contribution is 0.625. The lowest BCUT2D eigenvalue weighted by Crippen LogP contribution is -2.23. The first-order valence-corrected chi connectivity index (χ1v) is 6.53. The average molecular weight is 279 g/mol. The van der Waals surface area contributed by atoms with Crippen LogP contribution in [0.5, 0.6) is 0 Å². The minimum atomic E-state index is -0.392. The van der Waals surface area contributed by atoms with E-state index in [4.69, 9.17) is 17.3 Å². The summed E-state index contributed by atoms with van der Waals surface area (Å²) in [4.78, 5) is 2.10. The predicted molar refractivity (Wildman–Crippen MR) is 79.0 cm³/mol. The predicted octanol–water partition coefficient (Wildman–Crippen LogP) is 4.09. The molecule has 19 heavy (non-hydrogen) atoms. The van der Waals surface area contributed by atoms with Gasteiger partial charge in [0.25, 0.3) is 0 Å². The Hall–Kier alpha value is -1.74. The zero-order valence-electron chi connectivity index (χ0n) is 10.7. The summed E-state index contributed by atoms with van der Waals surface area (Å²) in [6.07, 6.45) is 0. The third-order valence-corrected chi connectivity index (χ3v) is 3.32. The summed E-state index contributed by atoms with van der Waals surface area (Å²) in [5, 5.41) is 0.144. The Morgan fingerprint density at radius 2 is 1.95 bits per heavy atom. The molecule has 0 bridgehead atoms. The number of anilines is 2. The monoisotopic (exact) mass is 278 g/mol. The van der Waals surface area contributed by atoms with Crippen LogP contribution in [0.1, 0.15) is 12.5 Å². The fraction of sp³-hybridized carbons (Fsp3) is 0.200. The van der Waals surface area contributed by atoms with E-state index in [-0.39, 0.29) is 5.02 Å². The first kappa shape index (κ1) is 13.7. The van der Waals surface area contributed by atoms with Gasteiger partial charge in [-0.25, -0.2) is 4.39 Å². The van der Waals surface area contributed by atoms with E-state index in [1.54, 1.807) is 6.07 Å². The van der Waals surface area contributed by atoms with Crippen molar-refractivity contribution in [3.8, 4) is 0 Å². The molecule has 0 saturated heterocycles. The van der Waals surface area contributed by atoms with Crippen LogP contribution in [0.15, 0.2) is 42.5 Å². The van der Waals surface area contributed by atoms with Crippen molar-refractivity contribution >= 4 is 23.0 Å². The zero-order chi connectivity index (χ0) is 13.8. The van der Waals surface area contributed by atoms with Gasteiger partial charge in [-0.3, -0.25) is 0 Å². The van der Waals surface area contributed by atoms with Crippen LogP contribution < -0.4 is 10.6 Å². The maximum atomic E-state index is 13.4. The Bertz CT molecular complexity index is 572. The zero-order valence-corrected chi connectivity index (χ0v) is 11.5. The third-order valence-electron chi connectivity index (χ3n) is 3.02. The molecule has 0 aromatic heterocycles. The minimum absolute atomic E-state index is 0.144. The van der Waals surface area contributed by atoms with Gasteiger partial charge in [0, 0.05) is 13.1 Å². The molecular weight excluding hydrogens is 263 g/mol. The van der Waals surface area contributed by atoms with E-state index in [0.717, 1.165) is 23.5 Å². The molecule has 0 aliphatic carbocycles. The van der Waals surface area contributed by atoms with Crippen LogP contribution in [0, 0.1) is 5.82 Å².